The van der Waals surface area contributed by atoms with Crippen LogP contribution in [0.25, 0.3) is 0 Å². The van der Waals surface area contributed by atoms with Gasteiger partial charge in [-0.05, 0) is 18.3 Å². The van der Waals surface area contributed by atoms with E-state index in [4.69, 9.17) is 0 Å². The van der Waals surface area contributed by atoms with Gasteiger partial charge in [-0.25, -0.2) is 4.79 Å². The number of carbonyl (C=O) groups is 2. The first-order chi connectivity index (χ1) is 9.82. The molecule has 2 atom stereocenters. The maximum Gasteiger partial charge on any atom is 0.407 e. The van der Waals surface area contributed by atoms with Gasteiger partial charge in [-0.1, -0.05) is 51.1 Å². The molecule has 1 N–H and O–H groups in total. The lowest BCUT2D eigenvalue weighted by atomic mass is 9.71. The molecule has 2 unspecified atom stereocenters. The van der Waals surface area contributed by atoms with Crippen LogP contribution in [0.4, 0.5) is 4.79 Å². The molecule has 1 saturated heterocycles. The van der Waals surface area contributed by atoms with Gasteiger partial charge in [-0.2, -0.15) is 0 Å². The lowest BCUT2D eigenvalue weighted by Crippen LogP contribution is -2.56. The largest absolute Gasteiger partial charge is 0.465 e. The molecule has 1 amide bonds. The van der Waals surface area contributed by atoms with Crippen LogP contribution in [0.3, 0.4) is 0 Å². The number of Topliss-reactive ketones (excluding diaryl/α,β-unsaturated/α-hetero) is 1. The second-order valence-electron chi connectivity index (χ2n) is 6.77. The number of hydrogen-bond acceptors (Lipinski definition) is 2. The number of carboxylic acid groups (broad SMARTS) is 1. The minimum atomic E-state index is -0.930. The Hall–Kier alpha value is -1.84. The fourth-order valence-corrected chi connectivity index (χ4v) is 3.37. The second kappa shape index (κ2) is 5.88. The number of ketones is 1. The molecule has 4 heteroatoms. The van der Waals surface area contributed by atoms with Crippen LogP contribution in [0.2, 0.25) is 0 Å². The van der Waals surface area contributed by atoms with Crippen molar-refractivity contribution in [2.45, 2.75) is 39.7 Å². The van der Waals surface area contributed by atoms with Crippen molar-refractivity contribution < 1.29 is 14.7 Å². The highest BCUT2D eigenvalue weighted by molar-refractivity contribution is 5.98. The quantitative estimate of drug-likeness (QED) is 0.845. The van der Waals surface area contributed by atoms with Crippen LogP contribution >= 0.6 is 0 Å². The number of rotatable bonds is 2. The normalized spacial score (nSPS) is 22.9. The molecular weight excluding hydrogens is 266 g/mol. The van der Waals surface area contributed by atoms with Gasteiger partial charge in [0.25, 0.3) is 0 Å². The van der Waals surface area contributed by atoms with Gasteiger partial charge < -0.3 is 10.0 Å². The SMILES string of the molecule is CC(C)(C)C1C(C(=O)c2ccccc2)CCCN1C(=O)O. The monoisotopic (exact) mass is 289 g/mol. The summed E-state index contributed by atoms with van der Waals surface area (Å²) in [4.78, 5) is 25.8. The topological polar surface area (TPSA) is 57.6 Å². The Morgan fingerprint density at radius 3 is 2.33 bits per heavy atom. The Balaban J connectivity index is 2.35. The third-order valence-corrected chi connectivity index (χ3v) is 4.16. The molecule has 0 radical (unpaired) electrons. The Labute approximate surface area is 125 Å². The van der Waals surface area contributed by atoms with Gasteiger partial charge in [0.05, 0.1) is 0 Å². The lowest BCUT2D eigenvalue weighted by molar-refractivity contribution is 0.0234. The predicted octanol–water partition coefficient (Wildman–Crippen LogP) is 3.67. The van der Waals surface area contributed by atoms with E-state index in [1.807, 2.05) is 51.1 Å². The van der Waals surface area contributed by atoms with Crippen LogP contribution in [0.1, 0.15) is 44.0 Å². The van der Waals surface area contributed by atoms with Crippen LogP contribution in [0.5, 0.6) is 0 Å². The molecule has 0 saturated carbocycles. The number of likely N-dealkylation sites (tertiary alicyclic amines) is 1. The highest BCUT2D eigenvalue weighted by atomic mass is 16.4. The zero-order chi connectivity index (χ0) is 15.6. The van der Waals surface area contributed by atoms with Crippen LogP contribution in [0.15, 0.2) is 30.3 Å². The number of hydrogen-bond donors (Lipinski definition) is 1. The Bertz CT molecular complexity index is 519. The molecule has 0 bridgehead atoms. The molecule has 1 fully saturated rings. The maximum absolute atomic E-state index is 12.8. The summed E-state index contributed by atoms with van der Waals surface area (Å²) in [7, 11) is 0. The molecule has 21 heavy (non-hydrogen) atoms. The average Bonchev–Trinajstić information content (AvgIpc) is 2.45. The second-order valence-corrected chi connectivity index (χ2v) is 6.77. The molecule has 1 aliphatic rings. The fourth-order valence-electron chi connectivity index (χ4n) is 3.37. The first-order valence-electron chi connectivity index (χ1n) is 7.41. The van der Waals surface area contributed by atoms with Crippen LogP contribution in [-0.4, -0.2) is 34.5 Å². The summed E-state index contributed by atoms with van der Waals surface area (Å²) in [6.07, 6.45) is 0.558. The minimum Gasteiger partial charge on any atom is -0.465 e. The van der Waals surface area contributed by atoms with Gasteiger partial charge in [0.2, 0.25) is 0 Å². The van der Waals surface area contributed by atoms with E-state index in [0.29, 0.717) is 12.1 Å². The molecular formula is C17H23NO3. The van der Waals surface area contributed by atoms with Crippen LogP contribution in [0, 0.1) is 11.3 Å². The van der Waals surface area contributed by atoms with Gasteiger partial charge >= 0.3 is 6.09 Å². The first-order valence-corrected chi connectivity index (χ1v) is 7.41. The van der Waals surface area contributed by atoms with E-state index in [1.165, 1.54) is 4.90 Å². The maximum atomic E-state index is 12.8. The highest BCUT2D eigenvalue weighted by Gasteiger charge is 2.44. The average molecular weight is 289 g/mol. The molecule has 0 spiro atoms. The summed E-state index contributed by atoms with van der Waals surface area (Å²) >= 11 is 0. The van der Waals surface area contributed by atoms with E-state index in [9.17, 15) is 14.7 Å². The van der Waals surface area contributed by atoms with Gasteiger partial charge in [-0.15, -0.1) is 0 Å². The van der Waals surface area contributed by atoms with Crippen molar-refractivity contribution in [3.8, 4) is 0 Å². The fraction of sp³-hybridized carbons (Fsp3) is 0.529. The van der Waals surface area contributed by atoms with Crippen molar-refractivity contribution in [3.63, 3.8) is 0 Å². The third kappa shape index (κ3) is 3.26. The van der Waals surface area contributed by atoms with Crippen LogP contribution in [-0.2, 0) is 0 Å². The van der Waals surface area contributed by atoms with E-state index in [0.717, 1.165) is 12.8 Å². The Morgan fingerprint density at radius 2 is 1.81 bits per heavy atom. The number of piperidine rings is 1. The summed E-state index contributed by atoms with van der Waals surface area (Å²) in [5.74, 6) is -0.210. The number of nitrogens with zero attached hydrogens (tertiary/aromatic N) is 1. The number of benzene rings is 1. The van der Waals surface area contributed by atoms with E-state index in [1.54, 1.807) is 0 Å². The Kier molecular flexibility index (Phi) is 4.35. The number of carbonyl (C=O) groups excluding carboxylic acids is 1. The van der Waals surface area contributed by atoms with Gasteiger partial charge in [0.15, 0.2) is 5.78 Å². The molecule has 1 heterocycles. The van der Waals surface area contributed by atoms with E-state index < -0.39 is 6.09 Å². The van der Waals surface area contributed by atoms with Crippen molar-refractivity contribution in [1.29, 1.82) is 0 Å². The predicted molar refractivity (Wildman–Crippen MR) is 81.5 cm³/mol. The summed E-state index contributed by atoms with van der Waals surface area (Å²) in [5.41, 5.74) is 0.400. The molecule has 2 rings (SSSR count). The van der Waals surface area contributed by atoms with Crippen LogP contribution < -0.4 is 0 Å². The van der Waals surface area contributed by atoms with Gasteiger partial charge in [0, 0.05) is 24.1 Å². The molecule has 0 aliphatic carbocycles. The van der Waals surface area contributed by atoms with Crippen molar-refractivity contribution in [3.05, 3.63) is 35.9 Å². The zero-order valence-electron chi connectivity index (χ0n) is 12.9. The molecule has 4 nitrogen and oxygen atoms in total. The summed E-state index contributed by atoms with van der Waals surface area (Å²) in [6.45, 7) is 6.52. The molecule has 1 aliphatic heterocycles. The third-order valence-electron chi connectivity index (χ3n) is 4.16. The standard InChI is InChI=1S/C17H23NO3/c1-17(2,3)15-13(10-7-11-18(15)16(20)21)14(19)12-8-5-4-6-9-12/h4-6,8-9,13,15H,7,10-11H2,1-3H3,(H,20,21). The summed E-state index contributed by atoms with van der Waals surface area (Å²) < 4.78 is 0. The highest BCUT2D eigenvalue weighted by Crippen LogP contribution is 2.37. The van der Waals surface area contributed by atoms with E-state index in [2.05, 4.69) is 0 Å². The van der Waals surface area contributed by atoms with Crippen molar-refractivity contribution in [2.75, 3.05) is 6.54 Å². The van der Waals surface area contributed by atoms with E-state index >= 15 is 0 Å². The molecule has 1 aromatic rings. The smallest absolute Gasteiger partial charge is 0.407 e. The molecule has 1 aromatic carbocycles. The molecule has 114 valence electrons. The van der Waals surface area contributed by atoms with Gasteiger partial charge in [0.1, 0.15) is 0 Å². The zero-order valence-corrected chi connectivity index (χ0v) is 12.9. The lowest BCUT2D eigenvalue weighted by Gasteiger charge is -2.46. The molecule has 0 aromatic heterocycles. The first kappa shape index (κ1) is 15.5. The van der Waals surface area contributed by atoms with Crippen molar-refractivity contribution in [1.82, 2.24) is 4.90 Å². The minimum absolute atomic E-state index is 0.0569. The van der Waals surface area contributed by atoms with Gasteiger partial charge in [-0.3, -0.25) is 4.79 Å². The van der Waals surface area contributed by atoms with E-state index in [-0.39, 0.29) is 23.2 Å². The van der Waals surface area contributed by atoms with Crippen molar-refractivity contribution >= 4 is 11.9 Å². The summed E-state index contributed by atoms with van der Waals surface area (Å²) in [6, 6.07) is 8.90. The summed E-state index contributed by atoms with van der Waals surface area (Å²) in [5, 5.41) is 9.46. The van der Waals surface area contributed by atoms with Crippen molar-refractivity contribution in [2.24, 2.45) is 11.3 Å². The Morgan fingerprint density at radius 1 is 1.19 bits per heavy atom. The number of amides is 1.